The molecule has 10 heteroatoms. The van der Waals surface area contributed by atoms with Gasteiger partial charge in [0.25, 0.3) is 5.91 Å². The molecule has 0 radical (unpaired) electrons. The molecule has 1 atom stereocenters. The van der Waals surface area contributed by atoms with Crippen molar-refractivity contribution < 1.29 is 32.2 Å². The summed E-state index contributed by atoms with van der Waals surface area (Å²) in [6, 6.07) is 21.3. The minimum atomic E-state index is -4.75. The van der Waals surface area contributed by atoms with Gasteiger partial charge in [-0.25, -0.2) is 0 Å². The summed E-state index contributed by atoms with van der Waals surface area (Å²) in [5.74, 6) is -0.376. The second-order valence-electron chi connectivity index (χ2n) is 9.03. The van der Waals surface area contributed by atoms with E-state index in [1.165, 1.54) is 35.2 Å². The number of halogens is 3. The second kappa shape index (κ2) is 12.5. The molecule has 1 aliphatic heterocycles. The number of ether oxygens (including phenoxy) is 2. The van der Waals surface area contributed by atoms with Gasteiger partial charge in [0.1, 0.15) is 24.7 Å². The predicted molar refractivity (Wildman–Crippen MR) is 141 cm³/mol. The number of hydrogen-bond donors (Lipinski definition) is 1. The normalized spacial score (nSPS) is 15.4. The molecular weight excluding hydrogens is 511 g/mol. The zero-order valence-electron chi connectivity index (χ0n) is 21.0. The van der Waals surface area contributed by atoms with Crippen LogP contribution in [-0.2, 0) is 16.2 Å². The highest BCUT2D eigenvalue weighted by atomic mass is 19.4. The van der Waals surface area contributed by atoms with Crippen molar-refractivity contribution in [2.75, 3.05) is 24.5 Å². The van der Waals surface area contributed by atoms with Crippen LogP contribution < -0.4 is 20.1 Å². The highest BCUT2D eigenvalue weighted by Crippen LogP contribution is 2.24. The Balaban J connectivity index is 1.43. The Kier molecular flexibility index (Phi) is 8.88. The molecule has 3 aromatic carbocycles. The summed E-state index contributed by atoms with van der Waals surface area (Å²) < 4.78 is 46.6. The van der Waals surface area contributed by atoms with Crippen LogP contribution in [0.15, 0.2) is 84.9 Å². The molecule has 1 aliphatic rings. The van der Waals surface area contributed by atoms with Crippen LogP contribution in [0.4, 0.5) is 18.9 Å². The van der Waals surface area contributed by atoms with Crippen LogP contribution in [0.3, 0.4) is 0 Å². The molecular formula is C29H28F3N3O4. The number of alkyl halides is 3. The third-order valence-electron chi connectivity index (χ3n) is 6.07. The monoisotopic (exact) mass is 539 g/mol. The molecule has 0 unspecified atom stereocenters. The van der Waals surface area contributed by atoms with Crippen LogP contribution >= 0.6 is 0 Å². The lowest BCUT2D eigenvalue weighted by molar-refractivity contribution is -0.274. The number of likely N-dealkylation sites (tertiary alicyclic amines) is 1. The van der Waals surface area contributed by atoms with Crippen LogP contribution in [0, 0.1) is 0 Å². The summed E-state index contributed by atoms with van der Waals surface area (Å²) in [5, 5.41) is 0. The first-order valence-electron chi connectivity index (χ1n) is 12.3. The fourth-order valence-corrected chi connectivity index (χ4v) is 4.04. The van der Waals surface area contributed by atoms with Gasteiger partial charge in [0, 0.05) is 30.9 Å². The molecule has 0 bridgehead atoms. The predicted octanol–water partition coefficient (Wildman–Crippen LogP) is 4.77. The van der Waals surface area contributed by atoms with E-state index in [1.54, 1.807) is 35.2 Å². The number of carbonyl (C=O) groups excluding carboxylic acids is 2. The Morgan fingerprint density at radius 2 is 1.64 bits per heavy atom. The van der Waals surface area contributed by atoms with Gasteiger partial charge >= 0.3 is 6.36 Å². The van der Waals surface area contributed by atoms with Crippen molar-refractivity contribution in [1.82, 2.24) is 4.90 Å². The standard InChI is InChI=1S/C29H28F3N3O4/c30-29(31,32)39-26-11-6-22(7-12-26)20-38-25-13-9-24(10-14-25)35(19-28(37)34-17-16-23(33)18-34)27(36)15-8-21-4-2-1-3-5-21/h1-15,23H,16-20,33H2/b15-8+/t23-/m0/s1. The molecule has 4 rings (SSSR count). The molecule has 2 N–H and O–H groups in total. The van der Waals surface area contributed by atoms with Crippen molar-refractivity contribution >= 4 is 23.6 Å². The molecule has 0 aromatic heterocycles. The number of amides is 2. The zero-order valence-corrected chi connectivity index (χ0v) is 21.0. The minimum Gasteiger partial charge on any atom is -0.489 e. The molecule has 204 valence electrons. The molecule has 3 aromatic rings. The molecule has 7 nitrogen and oxygen atoms in total. The van der Waals surface area contributed by atoms with Gasteiger partial charge in [0.15, 0.2) is 0 Å². The fourth-order valence-electron chi connectivity index (χ4n) is 4.04. The van der Waals surface area contributed by atoms with Gasteiger partial charge in [-0.3, -0.25) is 14.5 Å². The van der Waals surface area contributed by atoms with Crippen LogP contribution in [0.1, 0.15) is 17.5 Å². The smallest absolute Gasteiger partial charge is 0.489 e. The van der Waals surface area contributed by atoms with Gasteiger partial charge in [-0.1, -0.05) is 42.5 Å². The summed E-state index contributed by atoms with van der Waals surface area (Å²) >= 11 is 0. The first-order chi connectivity index (χ1) is 18.7. The maximum Gasteiger partial charge on any atom is 0.573 e. The lowest BCUT2D eigenvalue weighted by Gasteiger charge is -2.24. The first-order valence-corrected chi connectivity index (χ1v) is 12.3. The average Bonchev–Trinajstić information content (AvgIpc) is 3.36. The fraction of sp³-hybridized carbons (Fsp3) is 0.241. The molecule has 0 aliphatic carbocycles. The molecule has 0 spiro atoms. The maximum absolute atomic E-state index is 13.2. The molecule has 2 amide bonds. The van der Waals surface area contributed by atoms with E-state index in [2.05, 4.69) is 4.74 Å². The number of anilines is 1. The molecule has 0 saturated carbocycles. The maximum atomic E-state index is 13.2. The number of nitrogens with zero attached hydrogens (tertiary/aromatic N) is 2. The van der Waals surface area contributed by atoms with Gasteiger partial charge in [-0.05, 0) is 60.0 Å². The Hall–Kier alpha value is -4.31. The number of benzene rings is 3. The van der Waals surface area contributed by atoms with Crippen molar-refractivity contribution in [3.63, 3.8) is 0 Å². The highest BCUT2D eigenvalue weighted by molar-refractivity contribution is 6.06. The Morgan fingerprint density at radius 1 is 0.974 bits per heavy atom. The summed E-state index contributed by atoms with van der Waals surface area (Å²) in [6.07, 6.45) is -0.918. The Morgan fingerprint density at radius 3 is 2.26 bits per heavy atom. The topological polar surface area (TPSA) is 85.1 Å². The molecule has 1 fully saturated rings. The SMILES string of the molecule is N[C@H]1CCN(C(=O)CN(C(=O)/C=C/c2ccccc2)c2ccc(OCc3ccc(OC(F)(F)F)cc3)cc2)C1. The number of hydrogen-bond acceptors (Lipinski definition) is 5. The molecule has 1 saturated heterocycles. The van der Waals surface area contributed by atoms with Crippen LogP contribution in [0.25, 0.3) is 6.08 Å². The van der Waals surface area contributed by atoms with Crippen LogP contribution in [0.2, 0.25) is 0 Å². The van der Waals surface area contributed by atoms with Gasteiger partial charge in [0.05, 0.1) is 0 Å². The van der Waals surface area contributed by atoms with Crippen molar-refractivity contribution in [2.45, 2.75) is 25.4 Å². The van der Waals surface area contributed by atoms with E-state index in [0.29, 0.717) is 30.1 Å². The van der Waals surface area contributed by atoms with Crippen LogP contribution in [0.5, 0.6) is 11.5 Å². The van der Waals surface area contributed by atoms with Gasteiger partial charge in [-0.15, -0.1) is 13.2 Å². The Labute approximate surface area is 224 Å². The van der Waals surface area contributed by atoms with E-state index in [0.717, 1.165) is 12.0 Å². The third-order valence-corrected chi connectivity index (χ3v) is 6.07. The first kappa shape index (κ1) is 27.7. The molecule has 1 heterocycles. The third kappa shape index (κ3) is 8.34. The van der Waals surface area contributed by atoms with Crippen molar-refractivity contribution in [3.05, 3.63) is 96.1 Å². The lowest BCUT2D eigenvalue weighted by Crippen LogP contribution is -2.42. The van der Waals surface area contributed by atoms with E-state index in [9.17, 15) is 22.8 Å². The van der Waals surface area contributed by atoms with Crippen molar-refractivity contribution in [1.29, 1.82) is 0 Å². The summed E-state index contributed by atoms with van der Waals surface area (Å²) in [4.78, 5) is 29.2. The van der Waals surface area contributed by atoms with Crippen LogP contribution in [-0.4, -0.2) is 48.8 Å². The van der Waals surface area contributed by atoms with Crippen molar-refractivity contribution in [2.24, 2.45) is 5.73 Å². The van der Waals surface area contributed by atoms with E-state index in [-0.39, 0.29) is 36.8 Å². The van der Waals surface area contributed by atoms with E-state index >= 15 is 0 Å². The summed E-state index contributed by atoms with van der Waals surface area (Å²) in [6.45, 7) is 0.980. The quantitative estimate of drug-likeness (QED) is 0.396. The second-order valence-corrected chi connectivity index (χ2v) is 9.03. The van der Waals surface area contributed by atoms with E-state index in [1.807, 2.05) is 30.3 Å². The van der Waals surface area contributed by atoms with Crippen molar-refractivity contribution in [3.8, 4) is 11.5 Å². The minimum absolute atomic E-state index is 0.0686. The zero-order chi connectivity index (χ0) is 27.8. The van der Waals surface area contributed by atoms with E-state index < -0.39 is 6.36 Å². The average molecular weight is 540 g/mol. The van der Waals surface area contributed by atoms with Gasteiger partial charge in [-0.2, -0.15) is 0 Å². The Bertz CT molecular complexity index is 1280. The summed E-state index contributed by atoms with van der Waals surface area (Å²) in [7, 11) is 0. The number of rotatable bonds is 9. The highest BCUT2D eigenvalue weighted by Gasteiger charge is 2.31. The molecule has 39 heavy (non-hydrogen) atoms. The number of carbonyl (C=O) groups is 2. The van der Waals surface area contributed by atoms with Gasteiger partial charge < -0.3 is 20.1 Å². The van der Waals surface area contributed by atoms with Gasteiger partial charge in [0.2, 0.25) is 5.91 Å². The number of nitrogens with two attached hydrogens (primary N) is 1. The largest absolute Gasteiger partial charge is 0.573 e. The summed E-state index contributed by atoms with van der Waals surface area (Å²) in [5.41, 5.74) is 7.95. The lowest BCUT2D eigenvalue weighted by atomic mass is 10.2. The van der Waals surface area contributed by atoms with E-state index in [4.69, 9.17) is 10.5 Å².